The molecular formula is C15H18N4O2S2. The van der Waals surface area contributed by atoms with Crippen LogP contribution >= 0.6 is 23.1 Å². The lowest BCUT2D eigenvalue weighted by atomic mass is 10.2. The molecule has 0 atom stereocenters. The van der Waals surface area contributed by atoms with Gasteiger partial charge in [0, 0.05) is 6.07 Å². The first kappa shape index (κ1) is 16.1. The normalized spacial score (nSPS) is 11.3. The van der Waals surface area contributed by atoms with Gasteiger partial charge in [-0.1, -0.05) is 25.2 Å². The lowest BCUT2D eigenvalue weighted by molar-refractivity contribution is 0.395. The standard InChI is InChI=1S/C15H18N4O2S2/c1-9(2)22-8-13-16-17-15-19(13)18-14(23-15)11-6-5-10(20-3)7-12(11)21-4/h5-7,9H,8H2,1-4H3. The fraction of sp³-hybridized carbons (Fsp3) is 0.400. The fourth-order valence-corrected chi connectivity index (χ4v) is 3.62. The van der Waals surface area contributed by atoms with Gasteiger partial charge in [-0.15, -0.1) is 10.2 Å². The molecule has 0 bridgehead atoms. The Bertz CT molecular complexity index is 813. The van der Waals surface area contributed by atoms with Crippen molar-refractivity contribution in [1.29, 1.82) is 0 Å². The lowest BCUT2D eigenvalue weighted by Crippen LogP contribution is -1.97. The van der Waals surface area contributed by atoms with Gasteiger partial charge in [-0.25, -0.2) is 0 Å². The van der Waals surface area contributed by atoms with Gasteiger partial charge in [-0.3, -0.25) is 0 Å². The third-order valence-corrected chi connectivity index (χ3v) is 5.26. The minimum atomic E-state index is 0.544. The molecule has 6 nitrogen and oxygen atoms in total. The highest BCUT2D eigenvalue weighted by Crippen LogP contribution is 2.35. The molecule has 0 saturated heterocycles. The van der Waals surface area contributed by atoms with Crippen molar-refractivity contribution in [3.63, 3.8) is 0 Å². The minimum Gasteiger partial charge on any atom is -0.497 e. The topological polar surface area (TPSA) is 61.5 Å². The second-order valence-electron chi connectivity index (χ2n) is 5.14. The summed E-state index contributed by atoms with van der Waals surface area (Å²) in [6.45, 7) is 4.33. The number of nitrogens with zero attached hydrogens (tertiary/aromatic N) is 4. The molecule has 0 N–H and O–H groups in total. The van der Waals surface area contributed by atoms with Crippen molar-refractivity contribution in [3.8, 4) is 22.1 Å². The molecule has 122 valence electrons. The summed E-state index contributed by atoms with van der Waals surface area (Å²) >= 11 is 3.32. The Morgan fingerprint density at radius 3 is 2.74 bits per heavy atom. The zero-order valence-electron chi connectivity index (χ0n) is 13.4. The van der Waals surface area contributed by atoms with E-state index in [2.05, 4.69) is 29.1 Å². The van der Waals surface area contributed by atoms with E-state index < -0.39 is 0 Å². The van der Waals surface area contributed by atoms with Crippen LogP contribution in [0.3, 0.4) is 0 Å². The van der Waals surface area contributed by atoms with Crippen molar-refractivity contribution in [2.45, 2.75) is 24.9 Å². The van der Waals surface area contributed by atoms with Crippen molar-refractivity contribution in [3.05, 3.63) is 24.0 Å². The molecule has 3 rings (SSSR count). The molecule has 2 heterocycles. The Morgan fingerprint density at radius 1 is 1.22 bits per heavy atom. The van der Waals surface area contributed by atoms with E-state index in [1.807, 2.05) is 34.5 Å². The summed E-state index contributed by atoms with van der Waals surface area (Å²) in [6.07, 6.45) is 0. The molecule has 0 fully saturated rings. The van der Waals surface area contributed by atoms with Gasteiger partial charge >= 0.3 is 0 Å². The van der Waals surface area contributed by atoms with Gasteiger partial charge in [0.1, 0.15) is 11.5 Å². The Hall–Kier alpha value is -1.80. The molecule has 3 aromatic rings. The molecule has 0 aliphatic heterocycles. The summed E-state index contributed by atoms with van der Waals surface area (Å²) in [6, 6.07) is 5.70. The summed E-state index contributed by atoms with van der Waals surface area (Å²) in [5, 5.41) is 14.5. The molecule has 0 spiro atoms. The monoisotopic (exact) mass is 350 g/mol. The predicted molar refractivity (Wildman–Crippen MR) is 93.6 cm³/mol. The summed E-state index contributed by atoms with van der Waals surface area (Å²) < 4.78 is 12.5. The first-order valence-electron chi connectivity index (χ1n) is 7.17. The van der Waals surface area contributed by atoms with Crippen LogP contribution < -0.4 is 9.47 Å². The van der Waals surface area contributed by atoms with Crippen LogP contribution in [0.4, 0.5) is 0 Å². The second-order valence-corrected chi connectivity index (χ2v) is 7.66. The number of methoxy groups -OCH3 is 2. The summed E-state index contributed by atoms with van der Waals surface area (Å²) in [4.78, 5) is 0.789. The van der Waals surface area contributed by atoms with Gasteiger partial charge in [-0.2, -0.15) is 21.4 Å². The average molecular weight is 350 g/mol. The lowest BCUT2D eigenvalue weighted by Gasteiger charge is -2.07. The second kappa shape index (κ2) is 6.76. The van der Waals surface area contributed by atoms with Crippen molar-refractivity contribution < 1.29 is 9.47 Å². The zero-order chi connectivity index (χ0) is 16.4. The van der Waals surface area contributed by atoms with Crippen LogP contribution in [0.1, 0.15) is 19.7 Å². The fourth-order valence-electron chi connectivity index (χ4n) is 2.07. The van der Waals surface area contributed by atoms with Crippen LogP contribution in [0.15, 0.2) is 18.2 Å². The molecule has 0 aliphatic rings. The van der Waals surface area contributed by atoms with Crippen LogP contribution in [0, 0.1) is 0 Å². The summed E-state index contributed by atoms with van der Waals surface area (Å²) in [5.41, 5.74) is 0.922. The smallest absolute Gasteiger partial charge is 0.235 e. The first-order valence-corrected chi connectivity index (χ1v) is 9.04. The van der Waals surface area contributed by atoms with Gasteiger partial charge in [0.15, 0.2) is 10.8 Å². The maximum absolute atomic E-state index is 5.46. The largest absolute Gasteiger partial charge is 0.497 e. The number of hydrogen-bond acceptors (Lipinski definition) is 7. The Morgan fingerprint density at radius 2 is 2.04 bits per heavy atom. The molecule has 0 saturated carbocycles. The van der Waals surface area contributed by atoms with Crippen LogP contribution in [0.5, 0.6) is 11.5 Å². The number of fused-ring (bicyclic) bond motifs is 1. The van der Waals surface area contributed by atoms with E-state index in [-0.39, 0.29) is 0 Å². The van der Waals surface area contributed by atoms with E-state index in [1.165, 1.54) is 11.3 Å². The van der Waals surface area contributed by atoms with Gasteiger partial charge in [0.2, 0.25) is 4.96 Å². The summed E-state index contributed by atoms with van der Waals surface area (Å²) in [5.74, 6) is 3.14. The molecule has 23 heavy (non-hydrogen) atoms. The highest BCUT2D eigenvalue weighted by molar-refractivity contribution is 7.99. The summed E-state index contributed by atoms with van der Waals surface area (Å²) in [7, 11) is 3.28. The number of hydrogen-bond donors (Lipinski definition) is 0. The number of thioether (sulfide) groups is 1. The molecule has 8 heteroatoms. The van der Waals surface area contributed by atoms with E-state index in [0.29, 0.717) is 5.25 Å². The van der Waals surface area contributed by atoms with Gasteiger partial charge in [0.05, 0.1) is 25.5 Å². The first-order chi connectivity index (χ1) is 11.1. The number of aromatic nitrogens is 4. The van der Waals surface area contributed by atoms with Gasteiger partial charge in [-0.05, 0) is 17.4 Å². The number of rotatable bonds is 6. The predicted octanol–water partition coefficient (Wildman–Crippen LogP) is 3.51. The van der Waals surface area contributed by atoms with Gasteiger partial charge in [0.25, 0.3) is 0 Å². The Kier molecular flexibility index (Phi) is 4.72. The molecule has 0 amide bonds. The third-order valence-electron chi connectivity index (χ3n) is 3.24. The van der Waals surface area contributed by atoms with Crippen molar-refractivity contribution in [2.24, 2.45) is 0 Å². The number of benzene rings is 1. The van der Waals surface area contributed by atoms with Crippen molar-refractivity contribution in [2.75, 3.05) is 14.2 Å². The maximum atomic E-state index is 5.46. The molecule has 2 aromatic heterocycles. The van der Waals surface area contributed by atoms with Crippen LogP contribution in [0.25, 0.3) is 15.5 Å². The molecule has 0 unspecified atom stereocenters. The van der Waals surface area contributed by atoms with Crippen LogP contribution in [-0.2, 0) is 5.75 Å². The maximum Gasteiger partial charge on any atom is 0.235 e. The highest BCUT2D eigenvalue weighted by atomic mass is 32.2. The van der Waals surface area contributed by atoms with E-state index in [9.17, 15) is 0 Å². The Labute approximate surface area is 142 Å². The van der Waals surface area contributed by atoms with Crippen molar-refractivity contribution in [1.82, 2.24) is 19.8 Å². The molecule has 0 aliphatic carbocycles. The SMILES string of the molecule is COc1ccc(-c2nn3c(CSC(C)C)nnc3s2)c(OC)c1. The molecular weight excluding hydrogens is 332 g/mol. The van der Waals surface area contributed by atoms with Crippen molar-refractivity contribution >= 4 is 28.1 Å². The van der Waals surface area contributed by atoms with Crippen LogP contribution in [0.2, 0.25) is 0 Å². The van der Waals surface area contributed by atoms with E-state index >= 15 is 0 Å². The van der Waals surface area contributed by atoms with E-state index in [0.717, 1.165) is 38.6 Å². The third kappa shape index (κ3) is 3.28. The van der Waals surface area contributed by atoms with E-state index in [4.69, 9.17) is 9.47 Å². The zero-order valence-corrected chi connectivity index (χ0v) is 15.1. The minimum absolute atomic E-state index is 0.544. The molecule has 1 aromatic carbocycles. The quantitative estimate of drug-likeness (QED) is 0.678. The van der Waals surface area contributed by atoms with Gasteiger partial charge < -0.3 is 9.47 Å². The number of ether oxygens (including phenoxy) is 2. The van der Waals surface area contributed by atoms with E-state index in [1.54, 1.807) is 14.2 Å². The Balaban J connectivity index is 1.97. The average Bonchev–Trinajstić information content (AvgIpc) is 3.12. The molecule has 0 radical (unpaired) electrons. The van der Waals surface area contributed by atoms with Crippen LogP contribution in [-0.4, -0.2) is 39.3 Å². The highest BCUT2D eigenvalue weighted by Gasteiger charge is 2.16.